The van der Waals surface area contributed by atoms with Gasteiger partial charge in [-0.3, -0.25) is 9.59 Å². The van der Waals surface area contributed by atoms with Gasteiger partial charge in [-0.05, 0) is 68.8 Å². The highest BCUT2D eigenvalue weighted by molar-refractivity contribution is 6.33. The Morgan fingerprint density at radius 1 is 1.12 bits per heavy atom. The molecule has 0 spiro atoms. The van der Waals surface area contributed by atoms with Crippen LogP contribution >= 0.6 is 11.6 Å². The minimum atomic E-state index is 0.0274. The first-order chi connectivity index (χ1) is 20.9. The number of hydrogen-bond donors (Lipinski definition) is 2. The quantitative estimate of drug-likeness (QED) is 0.304. The Labute approximate surface area is 255 Å². The predicted molar refractivity (Wildman–Crippen MR) is 168 cm³/mol. The van der Waals surface area contributed by atoms with E-state index in [0.29, 0.717) is 48.4 Å². The molecule has 3 aromatic heterocycles. The summed E-state index contributed by atoms with van der Waals surface area (Å²) in [6, 6.07) is 9.91. The maximum absolute atomic E-state index is 13.4. The van der Waals surface area contributed by atoms with Crippen LogP contribution < -0.4 is 5.32 Å². The number of carbonyl (C=O) groups excluding carboxylic acids is 2. The van der Waals surface area contributed by atoms with Crippen LogP contribution in [-0.2, 0) is 17.8 Å². The van der Waals surface area contributed by atoms with Crippen LogP contribution in [0, 0.1) is 0 Å². The molecule has 11 heteroatoms. The minimum absolute atomic E-state index is 0.0274. The van der Waals surface area contributed by atoms with Gasteiger partial charge in [0.25, 0.3) is 5.91 Å². The van der Waals surface area contributed by atoms with E-state index in [4.69, 9.17) is 16.6 Å². The number of fused-ring (bicyclic) bond motifs is 2. The van der Waals surface area contributed by atoms with E-state index in [2.05, 4.69) is 20.3 Å². The number of piperidine rings is 1. The highest BCUT2D eigenvalue weighted by Gasteiger charge is 2.26. The van der Waals surface area contributed by atoms with Crippen molar-refractivity contribution in [2.75, 3.05) is 45.6 Å². The summed E-state index contributed by atoms with van der Waals surface area (Å²) in [5, 5.41) is 4.86. The molecule has 0 aliphatic carbocycles. The van der Waals surface area contributed by atoms with Crippen LogP contribution in [0.5, 0.6) is 0 Å². The molecule has 0 saturated carbocycles. The smallest absolute Gasteiger partial charge is 0.253 e. The molecule has 0 bridgehead atoms. The molecule has 0 atom stereocenters. The molecular formula is C32H35ClN8O2. The number of aromatic amines is 1. The molecule has 2 aliphatic rings. The average Bonchev–Trinajstić information content (AvgIpc) is 3.45. The lowest BCUT2D eigenvalue weighted by Gasteiger charge is -2.33. The maximum Gasteiger partial charge on any atom is 0.253 e. The molecule has 0 unspecified atom stereocenters. The van der Waals surface area contributed by atoms with Crippen molar-refractivity contribution in [3.63, 3.8) is 0 Å². The van der Waals surface area contributed by atoms with Crippen LogP contribution in [0.25, 0.3) is 22.3 Å². The van der Waals surface area contributed by atoms with Gasteiger partial charge in [0.15, 0.2) is 0 Å². The third-order valence-electron chi connectivity index (χ3n) is 8.07. The number of hydrogen-bond acceptors (Lipinski definition) is 7. The summed E-state index contributed by atoms with van der Waals surface area (Å²) in [5.41, 5.74) is 5.25. The number of benzene rings is 1. The normalized spacial score (nSPS) is 15.8. The van der Waals surface area contributed by atoms with Gasteiger partial charge in [-0.15, -0.1) is 0 Å². The largest absolute Gasteiger partial charge is 0.351 e. The molecule has 1 aromatic carbocycles. The number of nitrogens with one attached hydrogen (secondary N) is 2. The molecule has 2 N–H and O–H groups in total. The van der Waals surface area contributed by atoms with Crippen molar-refractivity contribution in [2.24, 2.45) is 0 Å². The Kier molecular flexibility index (Phi) is 8.40. The second-order valence-electron chi connectivity index (χ2n) is 11.4. The third-order valence-corrected chi connectivity index (χ3v) is 8.35. The molecule has 10 nitrogen and oxygen atoms in total. The summed E-state index contributed by atoms with van der Waals surface area (Å²) in [6.07, 6.45) is 11.1. The minimum Gasteiger partial charge on any atom is -0.351 e. The second-order valence-corrected chi connectivity index (χ2v) is 11.8. The first-order valence-corrected chi connectivity index (χ1v) is 15.0. The molecule has 1 saturated heterocycles. The highest BCUT2D eigenvalue weighted by atomic mass is 35.5. The number of halogens is 1. The van der Waals surface area contributed by atoms with Crippen molar-refractivity contribution < 1.29 is 9.59 Å². The molecule has 2 aliphatic heterocycles. The van der Waals surface area contributed by atoms with E-state index in [9.17, 15) is 9.59 Å². The monoisotopic (exact) mass is 598 g/mol. The number of pyridine rings is 1. The molecule has 1 fully saturated rings. The van der Waals surface area contributed by atoms with Gasteiger partial charge in [0.1, 0.15) is 5.65 Å². The summed E-state index contributed by atoms with van der Waals surface area (Å²) in [7, 11) is 3.95. The lowest BCUT2D eigenvalue weighted by molar-refractivity contribution is -0.126. The first-order valence-electron chi connectivity index (χ1n) is 14.6. The second kappa shape index (κ2) is 12.5. The molecule has 6 rings (SSSR count). The lowest BCUT2D eigenvalue weighted by atomic mass is 9.96. The summed E-state index contributed by atoms with van der Waals surface area (Å²) in [4.78, 5) is 48.4. The molecule has 5 heterocycles. The van der Waals surface area contributed by atoms with Crippen LogP contribution in [0.2, 0.25) is 5.02 Å². The number of H-pyrrole nitrogens is 1. The number of nitrogens with zero attached hydrogens (tertiary/aromatic N) is 6. The van der Waals surface area contributed by atoms with E-state index in [0.717, 1.165) is 53.5 Å². The lowest BCUT2D eigenvalue weighted by Crippen LogP contribution is -2.42. The van der Waals surface area contributed by atoms with Gasteiger partial charge in [0.05, 0.1) is 16.9 Å². The third kappa shape index (κ3) is 6.40. The SMILES string of the molecule is CN(C)C/C=C/C(=O)N1CCc2cc(C(=O)N3CCC(Nc4ncc(Cl)c(-c5c[nH]c6ncccc56)n4)CC3)ccc2C1. The zero-order chi connectivity index (χ0) is 29.9. The van der Waals surface area contributed by atoms with E-state index < -0.39 is 0 Å². The van der Waals surface area contributed by atoms with E-state index in [1.165, 1.54) is 0 Å². The molecule has 0 radical (unpaired) electrons. The first kappa shape index (κ1) is 28.8. The highest BCUT2D eigenvalue weighted by Crippen LogP contribution is 2.32. The number of likely N-dealkylation sites (tertiary alicyclic amines) is 1. The fourth-order valence-corrected chi connectivity index (χ4v) is 5.91. The fraction of sp³-hybridized carbons (Fsp3) is 0.344. The van der Waals surface area contributed by atoms with Gasteiger partial charge in [0.2, 0.25) is 11.9 Å². The van der Waals surface area contributed by atoms with Crippen molar-refractivity contribution in [2.45, 2.75) is 31.8 Å². The van der Waals surface area contributed by atoms with Crippen molar-refractivity contribution in [1.82, 2.24) is 34.6 Å². The van der Waals surface area contributed by atoms with E-state index in [-0.39, 0.29) is 17.9 Å². The zero-order valence-corrected chi connectivity index (χ0v) is 25.1. The summed E-state index contributed by atoms with van der Waals surface area (Å²) < 4.78 is 0. The predicted octanol–water partition coefficient (Wildman–Crippen LogP) is 4.39. The number of amides is 2. The van der Waals surface area contributed by atoms with Crippen molar-refractivity contribution in [1.29, 1.82) is 0 Å². The number of likely N-dealkylation sites (N-methyl/N-ethyl adjacent to an activating group) is 1. The Hall–Kier alpha value is -4.28. The summed E-state index contributed by atoms with van der Waals surface area (Å²) in [6.45, 7) is 3.23. The van der Waals surface area contributed by atoms with E-state index >= 15 is 0 Å². The van der Waals surface area contributed by atoms with Gasteiger partial charge in [-0.25, -0.2) is 15.0 Å². The Morgan fingerprint density at radius 3 is 2.77 bits per heavy atom. The van der Waals surface area contributed by atoms with Gasteiger partial charge in [-0.2, -0.15) is 0 Å². The average molecular weight is 599 g/mol. The standard InChI is InChI=1S/C32H35ClN8O2/c1-39(2)13-4-6-28(42)41-14-9-21-17-22(7-8-23(21)20-41)31(43)40-15-10-24(11-16-40)37-32-36-19-27(33)29(38-32)26-18-35-30-25(26)5-3-12-34-30/h3-8,12,17-19,24H,9-11,13-16,20H2,1-2H3,(H,34,35)(H,36,37,38)/b6-4+. The van der Waals surface area contributed by atoms with Crippen molar-refractivity contribution >= 4 is 40.4 Å². The Balaban J connectivity index is 1.05. The Bertz CT molecular complexity index is 1680. The van der Waals surface area contributed by atoms with Crippen LogP contribution in [0.4, 0.5) is 5.95 Å². The summed E-state index contributed by atoms with van der Waals surface area (Å²) >= 11 is 6.48. The molecule has 222 valence electrons. The number of rotatable bonds is 7. The molecule has 2 amide bonds. The van der Waals surface area contributed by atoms with Gasteiger partial charge in [0, 0.05) is 73.7 Å². The van der Waals surface area contributed by atoms with E-state index in [1.807, 2.05) is 71.4 Å². The van der Waals surface area contributed by atoms with Crippen LogP contribution in [-0.4, -0.2) is 92.8 Å². The van der Waals surface area contributed by atoms with Crippen molar-refractivity contribution in [3.05, 3.63) is 82.8 Å². The molecule has 43 heavy (non-hydrogen) atoms. The fourth-order valence-electron chi connectivity index (χ4n) is 5.71. The molecular weight excluding hydrogens is 564 g/mol. The van der Waals surface area contributed by atoms with Crippen LogP contribution in [0.1, 0.15) is 34.3 Å². The number of aromatic nitrogens is 4. The van der Waals surface area contributed by atoms with E-state index in [1.54, 1.807) is 18.5 Å². The molecule has 4 aromatic rings. The Morgan fingerprint density at radius 2 is 1.95 bits per heavy atom. The van der Waals surface area contributed by atoms with Crippen molar-refractivity contribution in [3.8, 4) is 11.3 Å². The van der Waals surface area contributed by atoms with Gasteiger partial charge >= 0.3 is 0 Å². The zero-order valence-electron chi connectivity index (χ0n) is 24.4. The number of carbonyl (C=O) groups is 2. The van der Waals surface area contributed by atoms with Gasteiger partial charge in [-0.1, -0.05) is 23.7 Å². The van der Waals surface area contributed by atoms with Crippen LogP contribution in [0.3, 0.4) is 0 Å². The maximum atomic E-state index is 13.4. The topological polar surface area (TPSA) is 110 Å². The number of anilines is 1. The van der Waals surface area contributed by atoms with Gasteiger partial charge < -0.3 is 25.0 Å². The van der Waals surface area contributed by atoms with Crippen LogP contribution in [0.15, 0.2) is 61.1 Å². The summed E-state index contributed by atoms with van der Waals surface area (Å²) in [5.74, 6) is 0.585.